The minimum atomic E-state index is 0.105. The summed E-state index contributed by atoms with van der Waals surface area (Å²) in [6.45, 7) is 4.28. The lowest BCUT2D eigenvalue weighted by atomic mass is 9.92. The molecular weight excluding hydrogens is 214 g/mol. The molecule has 0 aliphatic heterocycles. The zero-order valence-corrected chi connectivity index (χ0v) is 10.3. The largest absolute Gasteiger partial charge is 0.508 e. The van der Waals surface area contributed by atoms with Gasteiger partial charge in [0, 0.05) is 29.3 Å². The average molecular weight is 233 g/mol. The predicted molar refractivity (Wildman–Crippen MR) is 69.8 cm³/mol. The van der Waals surface area contributed by atoms with Gasteiger partial charge in [-0.3, -0.25) is 0 Å². The summed E-state index contributed by atoms with van der Waals surface area (Å²) in [6.07, 6.45) is 1.54. The zero-order chi connectivity index (χ0) is 12.6. The molecule has 1 aromatic carbocycles. The molecule has 0 fully saturated rings. The third-order valence-corrected chi connectivity index (χ3v) is 3.67. The number of aliphatic hydroxyl groups excluding tert-OH is 1. The molecule has 0 amide bonds. The molecule has 1 aliphatic rings. The number of anilines is 1. The fraction of sp³-hybridized carbons (Fsp3) is 0.429. The summed E-state index contributed by atoms with van der Waals surface area (Å²) in [5.41, 5.74) is 11.1. The van der Waals surface area contributed by atoms with Crippen LogP contribution in [0.1, 0.15) is 43.7 Å². The molecule has 92 valence electrons. The molecule has 0 saturated heterocycles. The molecule has 0 spiro atoms. The van der Waals surface area contributed by atoms with E-state index in [1.54, 1.807) is 12.1 Å². The van der Waals surface area contributed by atoms with Gasteiger partial charge in [0.1, 0.15) is 5.75 Å². The summed E-state index contributed by atoms with van der Waals surface area (Å²) in [7, 11) is 0. The van der Waals surface area contributed by atoms with Crippen LogP contribution in [0.4, 0.5) is 5.69 Å². The van der Waals surface area contributed by atoms with Gasteiger partial charge in [-0.1, -0.05) is 12.5 Å². The Bertz CT molecular complexity index is 477. The molecule has 4 N–H and O–H groups in total. The predicted octanol–water partition coefficient (Wildman–Crippen LogP) is 2.64. The van der Waals surface area contributed by atoms with Crippen LogP contribution >= 0.6 is 0 Å². The Kier molecular flexibility index (Phi) is 3.11. The third kappa shape index (κ3) is 1.71. The van der Waals surface area contributed by atoms with Crippen molar-refractivity contribution in [3.05, 3.63) is 28.8 Å². The Hall–Kier alpha value is -1.48. The molecule has 0 aromatic heterocycles. The number of rotatable bonds is 3. The highest BCUT2D eigenvalue weighted by atomic mass is 16.3. The molecule has 3 heteroatoms. The van der Waals surface area contributed by atoms with Crippen molar-refractivity contribution < 1.29 is 10.2 Å². The van der Waals surface area contributed by atoms with Gasteiger partial charge in [-0.15, -0.1) is 0 Å². The second kappa shape index (κ2) is 4.41. The number of nitrogens with two attached hydrogens (primary N) is 1. The van der Waals surface area contributed by atoms with Gasteiger partial charge in [-0.2, -0.15) is 0 Å². The number of hydrogen-bond donors (Lipinski definition) is 3. The Balaban J connectivity index is 2.65. The van der Waals surface area contributed by atoms with Crippen LogP contribution in [-0.2, 0) is 0 Å². The van der Waals surface area contributed by atoms with Crippen LogP contribution < -0.4 is 5.73 Å². The summed E-state index contributed by atoms with van der Waals surface area (Å²) in [5.74, 6) is 0.393. The molecule has 2 rings (SSSR count). The standard InChI is InChI=1S/C14H19NO2/c1-3-9-8(2)10(6-7-16)14-12(17)5-4-11(15)13(9)14/h4-5,10,16-17H,3,6-7,15H2,1-2H3. The summed E-state index contributed by atoms with van der Waals surface area (Å²) >= 11 is 0. The summed E-state index contributed by atoms with van der Waals surface area (Å²) < 4.78 is 0. The quantitative estimate of drug-likeness (QED) is 0.555. The molecule has 0 radical (unpaired) electrons. The zero-order valence-electron chi connectivity index (χ0n) is 10.3. The molecule has 3 nitrogen and oxygen atoms in total. The molecule has 1 aromatic rings. The van der Waals surface area contributed by atoms with E-state index < -0.39 is 0 Å². The molecule has 17 heavy (non-hydrogen) atoms. The number of phenolic OH excluding ortho intramolecular Hbond substituents is 1. The Morgan fingerprint density at radius 2 is 2.06 bits per heavy atom. The second-order valence-electron chi connectivity index (χ2n) is 4.54. The van der Waals surface area contributed by atoms with Crippen LogP contribution in [0.25, 0.3) is 5.57 Å². The van der Waals surface area contributed by atoms with Gasteiger partial charge >= 0.3 is 0 Å². The lowest BCUT2D eigenvalue weighted by Gasteiger charge is -2.14. The van der Waals surface area contributed by atoms with Crippen LogP contribution in [0.2, 0.25) is 0 Å². The van der Waals surface area contributed by atoms with Crippen LogP contribution in [0.5, 0.6) is 5.75 Å². The number of phenols is 1. The van der Waals surface area contributed by atoms with Gasteiger partial charge in [0.15, 0.2) is 0 Å². The van der Waals surface area contributed by atoms with Crippen molar-refractivity contribution in [2.75, 3.05) is 12.3 Å². The molecule has 0 heterocycles. The molecule has 0 bridgehead atoms. The van der Waals surface area contributed by atoms with Gasteiger partial charge < -0.3 is 15.9 Å². The van der Waals surface area contributed by atoms with Gasteiger partial charge in [0.2, 0.25) is 0 Å². The topological polar surface area (TPSA) is 66.5 Å². The summed E-state index contributed by atoms with van der Waals surface area (Å²) in [5, 5.41) is 19.2. The van der Waals surface area contributed by atoms with Crippen molar-refractivity contribution in [3.8, 4) is 5.75 Å². The first-order chi connectivity index (χ1) is 8.11. The first-order valence-electron chi connectivity index (χ1n) is 6.04. The lowest BCUT2D eigenvalue weighted by Crippen LogP contribution is -2.01. The van der Waals surface area contributed by atoms with E-state index in [1.807, 2.05) is 0 Å². The first-order valence-corrected chi connectivity index (χ1v) is 6.04. The Labute approximate surface area is 102 Å². The van der Waals surface area contributed by atoms with E-state index in [1.165, 1.54) is 11.1 Å². The molecule has 0 saturated carbocycles. The Morgan fingerprint density at radius 3 is 2.65 bits per heavy atom. The van der Waals surface area contributed by atoms with Crippen molar-refractivity contribution >= 4 is 11.3 Å². The van der Waals surface area contributed by atoms with E-state index in [-0.39, 0.29) is 18.3 Å². The third-order valence-electron chi connectivity index (χ3n) is 3.67. The number of nitrogen functional groups attached to an aromatic ring is 1. The molecule has 1 unspecified atom stereocenters. The van der Waals surface area contributed by atoms with Crippen molar-refractivity contribution in [1.29, 1.82) is 0 Å². The van der Waals surface area contributed by atoms with Gasteiger partial charge in [-0.25, -0.2) is 0 Å². The number of benzene rings is 1. The molecule has 1 aliphatic carbocycles. The second-order valence-corrected chi connectivity index (χ2v) is 4.54. The van der Waals surface area contributed by atoms with Crippen molar-refractivity contribution in [2.24, 2.45) is 0 Å². The number of fused-ring (bicyclic) bond motifs is 1. The molecular formula is C14H19NO2. The normalized spacial score (nSPS) is 18.6. The maximum atomic E-state index is 10.0. The highest BCUT2D eigenvalue weighted by Crippen LogP contribution is 2.50. The highest BCUT2D eigenvalue weighted by Gasteiger charge is 2.31. The SMILES string of the molecule is CCC1=C(C)C(CCO)c2c(O)ccc(N)c21. The van der Waals surface area contributed by atoms with E-state index in [0.717, 1.165) is 23.2 Å². The Morgan fingerprint density at radius 1 is 1.35 bits per heavy atom. The number of allylic oxidation sites excluding steroid dienone is 2. The smallest absolute Gasteiger partial charge is 0.120 e. The van der Waals surface area contributed by atoms with Crippen molar-refractivity contribution in [3.63, 3.8) is 0 Å². The summed E-state index contributed by atoms with van der Waals surface area (Å²) in [4.78, 5) is 0. The first kappa shape index (κ1) is 12.0. The fourth-order valence-corrected chi connectivity index (χ4v) is 2.88. The van der Waals surface area contributed by atoms with Crippen molar-refractivity contribution in [1.82, 2.24) is 0 Å². The van der Waals surface area contributed by atoms with Gasteiger partial charge in [0.05, 0.1) is 0 Å². The maximum Gasteiger partial charge on any atom is 0.120 e. The summed E-state index contributed by atoms with van der Waals surface area (Å²) in [6, 6.07) is 3.39. The monoisotopic (exact) mass is 233 g/mol. The number of aromatic hydroxyl groups is 1. The average Bonchev–Trinajstić information content (AvgIpc) is 2.59. The lowest BCUT2D eigenvalue weighted by molar-refractivity contribution is 0.280. The maximum absolute atomic E-state index is 10.0. The van der Waals surface area contributed by atoms with Gasteiger partial charge in [0.25, 0.3) is 0 Å². The van der Waals surface area contributed by atoms with E-state index in [9.17, 15) is 5.11 Å². The fourth-order valence-electron chi connectivity index (χ4n) is 2.88. The molecule has 1 atom stereocenters. The van der Waals surface area contributed by atoms with Crippen molar-refractivity contribution in [2.45, 2.75) is 32.6 Å². The van der Waals surface area contributed by atoms with E-state index >= 15 is 0 Å². The number of aliphatic hydroxyl groups is 1. The van der Waals surface area contributed by atoms with E-state index in [0.29, 0.717) is 6.42 Å². The van der Waals surface area contributed by atoms with E-state index in [4.69, 9.17) is 10.8 Å². The van der Waals surface area contributed by atoms with Crippen LogP contribution in [0.3, 0.4) is 0 Å². The van der Waals surface area contributed by atoms with Crippen LogP contribution in [0, 0.1) is 0 Å². The van der Waals surface area contributed by atoms with Crippen LogP contribution in [-0.4, -0.2) is 16.8 Å². The van der Waals surface area contributed by atoms with Gasteiger partial charge in [-0.05, 0) is 37.5 Å². The minimum absolute atomic E-state index is 0.105. The highest BCUT2D eigenvalue weighted by molar-refractivity contribution is 5.86. The van der Waals surface area contributed by atoms with E-state index in [2.05, 4.69) is 13.8 Å². The van der Waals surface area contributed by atoms with Crippen LogP contribution in [0.15, 0.2) is 17.7 Å². The number of hydrogen-bond acceptors (Lipinski definition) is 3. The minimum Gasteiger partial charge on any atom is -0.508 e.